The molecule has 0 spiro atoms. The third-order valence-corrected chi connectivity index (χ3v) is 3.96. The summed E-state index contributed by atoms with van der Waals surface area (Å²) in [6.07, 6.45) is 11.4. The van der Waals surface area contributed by atoms with E-state index in [4.69, 9.17) is 4.42 Å². The average molecular weight is 218 g/mol. The summed E-state index contributed by atoms with van der Waals surface area (Å²) in [6.45, 7) is 0. The Morgan fingerprint density at radius 3 is 2.94 bits per heavy atom. The fourth-order valence-electron chi connectivity index (χ4n) is 3.09. The van der Waals surface area contributed by atoms with Crippen molar-refractivity contribution in [1.82, 2.24) is 0 Å². The van der Waals surface area contributed by atoms with Crippen molar-refractivity contribution in [3.05, 3.63) is 35.3 Å². The molecule has 1 heterocycles. The number of rotatable bonds is 1. The van der Waals surface area contributed by atoms with Gasteiger partial charge >= 0.3 is 0 Å². The molecule has 2 nitrogen and oxygen atoms in total. The van der Waals surface area contributed by atoms with Crippen LogP contribution in [0.4, 0.5) is 0 Å². The molecule has 0 aromatic carbocycles. The fourth-order valence-corrected chi connectivity index (χ4v) is 3.09. The van der Waals surface area contributed by atoms with Gasteiger partial charge in [0.05, 0.1) is 6.26 Å². The third kappa shape index (κ3) is 1.44. The van der Waals surface area contributed by atoms with Crippen molar-refractivity contribution >= 4 is 0 Å². The Morgan fingerprint density at radius 2 is 2.12 bits per heavy atom. The molecule has 1 unspecified atom stereocenters. The highest BCUT2D eigenvalue weighted by Gasteiger charge is 2.39. The first kappa shape index (κ1) is 10.2. The number of fused-ring (bicyclic) bond motifs is 1. The van der Waals surface area contributed by atoms with Crippen molar-refractivity contribution in [2.45, 2.75) is 50.5 Å². The predicted octanol–water partition coefficient (Wildman–Crippen LogP) is 3.30. The topological polar surface area (TPSA) is 33.4 Å². The van der Waals surface area contributed by atoms with Gasteiger partial charge in [-0.15, -0.1) is 0 Å². The number of furan rings is 1. The molecule has 0 bridgehead atoms. The number of aliphatic hydroxyl groups is 1. The largest absolute Gasteiger partial charge is 0.469 e. The monoisotopic (exact) mass is 218 g/mol. The van der Waals surface area contributed by atoms with Crippen LogP contribution in [0.5, 0.6) is 0 Å². The van der Waals surface area contributed by atoms with E-state index >= 15 is 0 Å². The van der Waals surface area contributed by atoms with Gasteiger partial charge in [-0.25, -0.2) is 0 Å². The Kier molecular flexibility index (Phi) is 2.40. The second-order valence-corrected chi connectivity index (χ2v) is 4.95. The fraction of sp³-hybridized carbons (Fsp3) is 0.571. The van der Waals surface area contributed by atoms with E-state index < -0.39 is 5.60 Å². The maximum Gasteiger partial charge on any atom is 0.114 e. The quantitative estimate of drug-likeness (QED) is 0.734. The smallest absolute Gasteiger partial charge is 0.114 e. The first-order valence-electron chi connectivity index (χ1n) is 6.29. The maximum atomic E-state index is 10.9. The molecule has 0 radical (unpaired) electrons. The minimum absolute atomic E-state index is 0.721. The van der Waals surface area contributed by atoms with E-state index in [9.17, 15) is 5.11 Å². The van der Waals surface area contributed by atoms with Crippen LogP contribution in [0.15, 0.2) is 28.4 Å². The van der Waals surface area contributed by atoms with Crippen LogP contribution in [0.1, 0.15) is 49.8 Å². The van der Waals surface area contributed by atoms with Crippen molar-refractivity contribution in [1.29, 1.82) is 0 Å². The molecule has 1 atom stereocenters. The SMILES string of the molecule is OC1(C2=CCCCC2)CCCc2occc21. The number of hydrogen-bond donors (Lipinski definition) is 1. The molecule has 16 heavy (non-hydrogen) atoms. The van der Waals surface area contributed by atoms with Crippen molar-refractivity contribution in [3.63, 3.8) is 0 Å². The summed E-state index contributed by atoms with van der Waals surface area (Å²) in [5.41, 5.74) is 1.52. The Balaban J connectivity index is 2.03. The van der Waals surface area contributed by atoms with Gasteiger partial charge in [0, 0.05) is 12.0 Å². The molecule has 2 aliphatic rings. The van der Waals surface area contributed by atoms with Crippen LogP contribution >= 0.6 is 0 Å². The standard InChI is InChI=1S/C14H18O2/c15-14(11-5-2-1-3-6-11)9-4-7-13-12(14)8-10-16-13/h5,8,10,15H,1-4,6-7,9H2. The molecule has 2 heteroatoms. The molecule has 1 N–H and O–H groups in total. The van der Waals surface area contributed by atoms with E-state index in [2.05, 4.69) is 6.08 Å². The second-order valence-electron chi connectivity index (χ2n) is 4.95. The normalized spacial score (nSPS) is 29.7. The highest BCUT2D eigenvalue weighted by Crippen LogP contribution is 2.44. The first-order valence-corrected chi connectivity index (χ1v) is 6.29. The molecular formula is C14H18O2. The van der Waals surface area contributed by atoms with Crippen LogP contribution in [0.3, 0.4) is 0 Å². The van der Waals surface area contributed by atoms with E-state index in [1.807, 2.05) is 6.07 Å². The average Bonchev–Trinajstić information content (AvgIpc) is 2.80. The predicted molar refractivity (Wildman–Crippen MR) is 62.1 cm³/mol. The van der Waals surface area contributed by atoms with Gasteiger partial charge in [0.2, 0.25) is 0 Å². The van der Waals surface area contributed by atoms with Gasteiger partial charge < -0.3 is 9.52 Å². The van der Waals surface area contributed by atoms with Gasteiger partial charge in [0.25, 0.3) is 0 Å². The summed E-state index contributed by atoms with van der Waals surface area (Å²) >= 11 is 0. The lowest BCUT2D eigenvalue weighted by molar-refractivity contribution is 0.0494. The van der Waals surface area contributed by atoms with Crippen molar-refractivity contribution in [3.8, 4) is 0 Å². The molecule has 2 aliphatic carbocycles. The molecule has 0 saturated carbocycles. The van der Waals surface area contributed by atoms with E-state index in [1.165, 1.54) is 18.4 Å². The van der Waals surface area contributed by atoms with E-state index in [-0.39, 0.29) is 0 Å². The van der Waals surface area contributed by atoms with Crippen molar-refractivity contribution in [2.24, 2.45) is 0 Å². The van der Waals surface area contributed by atoms with E-state index in [0.29, 0.717) is 0 Å². The lowest BCUT2D eigenvalue weighted by atomic mass is 9.74. The molecule has 0 amide bonds. The minimum Gasteiger partial charge on any atom is -0.469 e. The first-order chi connectivity index (χ1) is 7.81. The van der Waals surface area contributed by atoms with Crippen LogP contribution in [-0.2, 0) is 12.0 Å². The maximum absolute atomic E-state index is 10.9. The Morgan fingerprint density at radius 1 is 1.19 bits per heavy atom. The highest BCUT2D eigenvalue weighted by atomic mass is 16.3. The molecule has 0 aliphatic heterocycles. The van der Waals surface area contributed by atoms with Crippen LogP contribution in [-0.4, -0.2) is 5.11 Å². The summed E-state index contributed by atoms with van der Waals surface area (Å²) in [5, 5.41) is 10.9. The molecule has 3 rings (SSSR count). The molecule has 1 aromatic rings. The third-order valence-electron chi connectivity index (χ3n) is 3.96. The summed E-state index contributed by atoms with van der Waals surface area (Å²) in [4.78, 5) is 0. The van der Waals surface area contributed by atoms with Crippen LogP contribution in [0.25, 0.3) is 0 Å². The lowest BCUT2D eigenvalue weighted by Gasteiger charge is -2.35. The minimum atomic E-state index is -0.721. The number of hydrogen-bond acceptors (Lipinski definition) is 2. The Hall–Kier alpha value is -1.02. The van der Waals surface area contributed by atoms with Gasteiger partial charge in [0.15, 0.2) is 0 Å². The Labute approximate surface area is 96.0 Å². The van der Waals surface area contributed by atoms with Gasteiger partial charge in [-0.1, -0.05) is 6.08 Å². The molecule has 86 valence electrons. The molecular weight excluding hydrogens is 200 g/mol. The van der Waals surface area contributed by atoms with Gasteiger partial charge in [-0.3, -0.25) is 0 Å². The summed E-state index contributed by atoms with van der Waals surface area (Å²) in [5.74, 6) is 0.986. The molecule has 0 fully saturated rings. The highest BCUT2D eigenvalue weighted by molar-refractivity contribution is 5.37. The second kappa shape index (κ2) is 3.77. The number of aryl methyl sites for hydroxylation is 1. The van der Waals surface area contributed by atoms with Crippen molar-refractivity contribution in [2.75, 3.05) is 0 Å². The van der Waals surface area contributed by atoms with E-state index in [1.54, 1.807) is 6.26 Å². The summed E-state index contributed by atoms with van der Waals surface area (Å²) in [7, 11) is 0. The summed E-state index contributed by atoms with van der Waals surface area (Å²) in [6, 6.07) is 1.95. The lowest BCUT2D eigenvalue weighted by Crippen LogP contribution is -2.32. The van der Waals surface area contributed by atoms with Gasteiger partial charge in [-0.05, 0) is 50.2 Å². The van der Waals surface area contributed by atoms with Gasteiger partial charge in [0.1, 0.15) is 11.4 Å². The van der Waals surface area contributed by atoms with Crippen molar-refractivity contribution < 1.29 is 9.52 Å². The van der Waals surface area contributed by atoms with E-state index in [0.717, 1.165) is 43.4 Å². The summed E-state index contributed by atoms with van der Waals surface area (Å²) < 4.78 is 5.45. The molecule has 1 aromatic heterocycles. The zero-order valence-corrected chi connectivity index (χ0v) is 9.54. The van der Waals surface area contributed by atoms with Crippen LogP contribution < -0.4 is 0 Å². The van der Waals surface area contributed by atoms with Crippen LogP contribution in [0.2, 0.25) is 0 Å². The van der Waals surface area contributed by atoms with Crippen LogP contribution in [0, 0.1) is 0 Å². The molecule has 0 saturated heterocycles. The zero-order valence-electron chi connectivity index (χ0n) is 9.54. The zero-order chi connectivity index (χ0) is 11.0. The number of allylic oxidation sites excluding steroid dienone is 1. The Bertz CT molecular complexity index is 416. The van der Waals surface area contributed by atoms with Gasteiger partial charge in [-0.2, -0.15) is 0 Å².